The minimum absolute atomic E-state index is 0.0843. The molecule has 4 heteroatoms. The van der Waals surface area contributed by atoms with Gasteiger partial charge in [-0.15, -0.1) is 11.6 Å². The van der Waals surface area contributed by atoms with E-state index in [4.69, 9.17) is 11.6 Å². The smallest absolute Gasteiger partial charge is 0.126 e. The summed E-state index contributed by atoms with van der Waals surface area (Å²) >= 11 is 13.0. The summed E-state index contributed by atoms with van der Waals surface area (Å²) in [4.78, 5) is 0. The van der Waals surface area contributed by atoms with E-state index in [1.54, 1.807) is 6.07 Å². The average Bonchev–Trinajstić information content (AvgIpc) is 2.41. The monoisotopic (exact) mass is 404 g/mol. The molecule has 0 bridgehead atoms. The molecule has 19 heavy (non-hydrogen) atoms. The summed E-state index contributed by atoms with van der Waals surface area (Å²) in [5, 5.41) is 0. The summed E-state index contributed by atoms with van der Waals surface area (Å²) in [5.41, 5.74) is 1.78. The second kappa shape index (κ2) is 6.87. The van der Waals surface area contributed by atoms with Gasteiger partial charge in [0.15, 0.2) is 0 Å². The fraction of sp³-hybridized carbons (Fsp3) is 0.200. The van der Waals surface area contributed by atoms with Gasteiger partial charge in [-0.3, -0.25) is 0 Å². The Labute approximate surface area is 134 Å². The molecule has 0 N–H and O–H groups in total. The maximum Gasteiger partial charge on any atom is 0.126 e. The van der Waals surface area contributed by atoms with Gasteiger partial charge in [-0.05, 0) is 41.8 Å². The Morgan fingerprint density at radius 3 is 2.53 bits per heavy atom. The molecule has 0 saturated heterocycles. The summed E-state index contributed by atoms with van der Waals surface area (Å²) < 4.78 is 15.7. The van der Waals surface area contributed by atoms with Crippen LogP contribution in [0.4, 0.5) is 4.39 Å². The van der Waals surface area contributed by atoms with Crippen LogP contribution in [0.3, 0.4) is 0 Å². The first-order valence-corrected chi connectivity index (χ1v) is 7.98. The largest absolute Gasteiger partial charge is 0.207 e. The van der Waals surface area contributed by atoms with Gasteiger partial charge >= 0.3 is 0 Å². The maximum absolute atomic E-state index is 13.8. The molecule has 0 fully saturated rings. The first-order valence-electron chi connectivity index (χ1n) is 5.86. The number of alkyl halides is 1. The van der Waals surface area contributed by atoms with Crippen LogP contribution in [0, 0.1) is 5.82 Å². The summed E-state index contributed by atoms with van der Waals surface area (Å²) in [5.74, 6) is 0.348. The van der Waals surface area contributed by atoms with Crippen molar-refractivity contribution in [1.29, 1.82) is 0 Å². The van der Waals surface area contributed by atoms with Gasteiger partial charge in [0.1, 0.15) is 5.82 Å². The van der Waals surface area contributed by atoms with Crippen molar-refractivity contribution < 1.29 is 4.39 Å². The maximum atomic E-state index is 13.8. The van der Waals surface area contributed by atoms with Gasteiger partial charge in [0.05, 0.1) is 0 Å². The first-order chi connectivity index (χ1) is 9.11. The molecule has 1 atom stereocenters. The highest BCUT2D eigenvalue weighted by Gasteiger charge is 2.16. The average molecular weight is 407 g/mol. The van der Waals surface area contributed by atoms with Crippen LogP contribution in [0.15, 0.2) is 51.4 Å². The van der Waals surface area contributed by atoms with E-state index in [9.17, 15) is 4.39 Å². The Morgan fingerprint density at radius 2 is 1.84 bits per heavy atom. The molecule has 100 valence electrons. The molecule has 2 aromatic rings. The van der Waals surface area contributed by atoms with Crippen molar-refractivity contribution in [3.05, 3.63) is 68.4 Å². The molecule has 0 aliphatic carbocycles. The minimum Gasteiger partial charge on any atom is -0.207 e. The van der Waals surface area contributed by atoms with Gasteiger partial charge in [0, 0.05) is 20.7 Å². The number of halogens is 4. The molecule has 2 aromatic carbocycles. The van der Waals surface area contributed by atoms with Gasteiger partial charge in [-0.25, -0.2) is 4.39 Å². The van der Waals surface area contributed by atoms with Crippen LogP contribution in [-0.2, 0) is 6.42 Å². The number of hydrogen-bond acceptors (Lipinski definition) is 0. The molecule has 0 heterocycles. The molecule has 0 nitrogen and oxygen atoms in total. The molecular weight excluding hydrogens is 394 g/mol. The highest BCUT2D eigenvalue weighted by atomic mass is 79.9. The van der Waals surface area contributed by atoms with E-state index in [1.807, 2.05) is 30.3 Å². The topological polar surface area (TPSA) is 0 Å². The highest BCUT2D eigenvalue weighted by molar-refractivity contribution is 9.10. The van der Waals surface area contributed by atoms with Crippen LogP contribution < -0.4 is 0 Å². The molecule has 0 radical (unpaired) electrons. The molecule has 0 aliphatic heterocycles. The number of benzene rings is 2. The van der Waals surface area contributed by atoms with Crippen molar-refractivity contribution in [3.63, 3.8) is 0 Å². The van der Waals surface area contributed by atoms with E-state index < -0.39 is 0 Å². The third-order valence-electron chi connectivity index (χ3n) is 3.01. The fourth-order valence-electron chi connectivity index (χ4n) is 2.02. The molecule has 0 saturated carbocycles. The second-order valence-corrected chi connectivity index (χ2v) is 6.39. The fourth-order valence-corrected chi connectivity index (χ4v) is 3.31. The predicted octanol–water partition coefficient (Wildman–Crippen LogP) is 5.92. The Bertz CT molecular complexity index is 572. The van der Waals surface area contributed by atoms with Gasteiger partial charge in [-0.2, -0.15) is 0 Å². The summed E-state index contributed by atoms with van der Waals surface area (Å²) in [7, 11) is 0. The van der Waals surface area contributed by atoms with Crippen LogP contribution in [0.25, 0.3) is 0 Å². The third kappa shape index (κ3) is 3.80. The molecule has 0 aromatic heterocycles. The zero-order chi connectivity index (χ0) is 13.8. The number of hydrogen-bond donors (Lipinski definition) is 0. The van der Waals surface area contributed by atoms with Crippen molar-refractivity contribution in [2.75, 3.05) is 5.88 Å². The molecule has 0 amide bonds. The van der Waals surface area contributed by atoms with Crippen molar-refractivity contribution in [2.45, 2.75) is 12.3 Å². The van der Waals surface area contributed by atoms with Crippen LogP contribution in [0.1, 0.15) is 17.0 Å². The lowest BCUT2D eigenvalue weighted by Crippen LogP contribution is -2.07. The van der Waals surface area contributed by atoms with E-state index in [1.165, 1.54) is 6.07 Å². The van der Waals surface area contributed by atoms with Crippen molar-refractivity contribution >= 4 is 43.5 Å². The lowest BCUT2D eigenvalue weighted by atomic mass is 9.93. The van der Waals surface area contributed by atoms with E-state index in [0.29, 0.717) is 17.9 Å². The normalized spacial score (nSPS) is 12.4. The van der Waals surface area contributed by atoms with Crippen molar-refractivity contribution in [2.24, 2.45) is 0 Å². The molecule has 2 rings (SSSR count). The lowest BCUT2D eigenvalue weighted by Gasteiger charge is -2.16. The highest BCUT2D eigenvalue weighted by Crippen LogP contribution is 2.30. The Balaban J connectivity index is 2.29. The second-order valence-electron chi connectivity index (χ2n) is 4.31. The van der Waals surface area contributed by atoms with Crippen molar-refractivity contribution in [1.82, 2.24) is 0 Å². The third-order valence-corrected chi connectivity index (χ3v) is 4.59. The number of rotatable bonds is 4. The standard InChI is InChI=1S/C15H12Br2ClF/c16-12-5-6-15(19)10(8-12)7-11(9-18)13-3-1-2-4-14(13)17/h1-6,8,11H,7,9H2. The summed E-state index contributed by atoms with van der Waals surface area (Å²) in [6, 6.07) is 12.9. The van der Waals surface area contributed by atoms with Crippen LogP contribution in [-0.4, -0.2) is 5.88 Å². The van der Waals surface area contributed by atoms with E-state index >= 15 is 0 Å². The molecule has 1 unspecified atom stereocenters. The Morgan fingerprint density at radius 1 is 1.11 bits per heavy atom. The molecular formula is C15H12Br2ClF. The minimum atomic E-state index is -0.189. The van der Waals surface area contributed by atoms with Gasteiger partial charge in [-0.1, -0.05) is 50.1 Å². The first kappa shape index (κ1) is 15.0. The zero-order valence-corrected chi connectivity index (χ0v) is 14.0. The van der Waals surface area contributed by atoms with Crippen LogP contribution >= 0.6 is 43.5 Å². The Kier molecular flexibility index (Phi) is 5.43. The lowest BCUT2D eigenvalue weighted by molar-refractivity contribution is 0.598. The van der Waals surface area contributed by atoms with E-state index in [2.05, 4.69) is 31.9 Å². The predicted molar refractivity (Wildman–Crippen MR) is 85.4 cm³/mol. The summed E-state index contributed by atoms with van der Waals surface area (Å²) in [6.07, 6.45) is 0.581. The molecule has 0 spiro atoms. The van der Waals surface area contributed by atoms with Crippen molar-refractivity contribution in [3.8, 4) is 0 Å². The Hall–Kier alpha value is -0.380. The molecule has 0 aliphatic rings. The quantitative estimate of drug-likeness (QED) is 0.553. The van der Waals surface area contributed by atoms with E-state index in [0.717, 1.165) is 14.5 Å². The van der Waals surface area contributed by atoms with Gasteiger partial charge in [0.2, 0.25) is 0 Å². The van der Waals surface area contributed by atoms with Crippen LogP contribution in [0.5, 0.6) is 0 Å². The zero-order valence-electron chi connectivity index (χ0n) is 10.0. The van der Waals surface area contributed by atoms with Crippen LogP contribution in [0.2, 0.25) is 0 Å². The van der Waals surface area contributed by atoms with Gasteiger partial charge < -0.3 is 0 Å². The summed E-state index contributed by atoms with van der Waals surface area (Å²) in [6.45, 7) is 0. The SMILES string of the molecule is Fc1ccc(Br)cc1CC(CCl)c1ccccc1Br. The van der Waals surface area contributed by atoms with Gasteiger partial charge in [0.25, 0.3) is 0 Å². The van der Waals surface area contributed by atoms with E-state index in [-0.39, 0.29) is 11.7 Å².